The zero-order chi connectivity index (χ0) is 28.5. The topological polar surface area (TPSA) is 121 Å². The molecule has 0 aliphatic carbocycles. The van der Waals surface area contributed by atoms with Crippen LogP contribution in [0.2, 0.25) is 0 Å². The van der Waals surface area contributed by atoms with Gasteiger partial charge in [-0.25, -0.2) is 9.07 Å². The summed E-state index contributed by atoms with van der Waals surface area (Å²) in [5.74, 6) is -1.29. The molecule has 11 nitrogen and oxygen atoms in total. The van der Waals surface area contributed by atoms with Gasteiger partial charge in [0.2, 0.25) is 23.6 Å². The number of nitrogens with one attached hydrogen (secondary N) is 1. The normalized spacial score (nSPS) is 28.9. The van der Waals surface area contributed by atoms with Crippen LogP contribution >= 0.6 is 0 Å². The third-order valence-corrected chi connectivity index (χ3v) is 8.97. The molecule has 41 heavy (non-hydrogen) atoms. The number of para-hydroxylation sites is 1. The first-order valence-electron chi connectivity index (χ1n) is 14.6. The van der Waals surface area contributed by atoms with Gasteiger partial charge in [0.15, 0.2) is 0 Å². The Kier molecular flexibility index (Phi) is 7.72. The highest BCUT2D eigenvalue weighted by Crippen LogP contribution is 2.33. The Hall–Kier alpha value is -3.83. The third-order valence-electron chi connectivity index (χ3n) is 8.97. The second-order valence-corrected chi connectivity index (χ2v) is 11.7. The molecular formula is C29H36FN7O4. The molecule has 218 valence electrons. The van der Waals surface area contributed by atoms with Gasteiger partial charge < -0.3 is 20.0 Å². The number of likely N-dealkylation sites (tertiary alicyclic amines) is 1. The number of rotatable bonds is 5. The fourth-order valence-corrected chi connectivity index (χ4v) is 6.77. The minimum Gasteiger partial charge on any atom is -0.344 e. The van der Waals surface area contributed by atoms with Gasteiger partial charge in [-0.3, -0.25) is 19.2 Å². The quantitative estimate of drug-likeness (QED) is 0.580. The van der Waals surface area contributed by atoms with Crippen LogP contribution in [0.25, 0.3) is 5.69 Å². The highest BCUT2D eigenvalue weighted by Gasteiger charge is 2.46. The standard InChI is InChI=1S/C29H36FN7O4/c30-21-14-25-29(41)35-11-8-19(13-27(39)34-9-4-5-10-34)20(16-35)12-26(38)31-24(28(40)36(25)17-21)15-22-18-37(33-32-22)23-6-2-1-3-7-23/h1-3,6-7,18-21,24-25H,4-5,8-17H2,(H,31,38)/t19-,20-,21-,24+,25-/m0/s1. The van der Waals surface area contributed by atoms with Crippen molar-refractivity contribution in [3.05, 3.63) is 42.2 Å². The smallest absolute Gasteiger partial charge is 0.246 e. The Morgan fingerprint density at radius 2 is 1.80 bits per heavy atom. The summed E-state index contributed by atoms with van der Waals surface area (Å²) < 4.78 is 16.3. The average molecular weight is 566 g/mol. The number of piperidine rings is 1. The molecule has 4 amide bonds. The predicted molar refractivity (Wildman–Crippen MR) is 145 cm³/mol. The SMILES string of the molecule is O=C1C[C@H]2CN(CC[C@H]2CC(=O)N2CCCC2)C(=O)[C@@H]2C[C@H](F)CN2C(=O)[C@@H](Cc2cn(-c3ccccc3)nn2)N1. The number of hydrogen-bond donors (Lipinski definition) is 1. The molecule has 0 saturated carbocycles. The number of carbonyl (C=O) groups excluding carboxylic acids is 4. The van der Waals surface area contributed by atoms with Crippen molar-refractivity contribution in [2.75, 3.05) is 32.7 Å². The molecule has 4 saturated heterocycles. The van der Waals surface area contributed by atoms with Gasteiger partial charge in [-0.1, -0.05) is 23.4 Å². The monoisotopic (exact) mass is 565 g/mol. The van der Waals surface area contributed by atoms with Gasteiger partial charge in [-0.2, -0.15) is 0 Å². The molecule has 5 heterocycles. The van der Waals surface area contributed by atoms with E-state index in [4.69, 9.17) is 0 Å². The lowest BCUT2D eigenvalue weighted by Crippen LogP contribution is -2.54. The van der Waals surface area contributed by atoms with Crippen LogP contribution in [0.3, 0.4) is 0 Å². The fourth-order valence-electron chi connectivity index (χ4n) is 6.77. The van der Waals surface area contributed by atoms with E-state index in [0.717, 1.165) is 31.6 Å². The highest BCUT2D eigenvalue weighted by molar-refractivity contribution is 5.93. The minimum atomic E-state index is -1.32. The van der Waals surface area contributed by atoms with E-state index in [9.17, 15) is 23.6 Å². The summed E-state index contributed by atoms with van der Waals surface area (Å²) in [7, 11) is 0. The summed E-state index contributed by atoms with van der Waals surface area (Å²) in [6, 6.07) is 7.45. The maximum Gasteiger partial charge on any atom is 0.246 e. The number of alkyl halides is 1. The number of benzene rings is 1. The molecule has 4 aliphatic heterocycles. The van der Waals surface area contributed by atoms with Crippen LogP contribution in [0, 0.1) is 11.8 Å². The molecule has 6 rings (SSSR count). The molecule has 1 N–H and O–H groups in total. The third kappa shape index (κ3) is 5.82. The molecule has 0 spiro atoms. The van der Waals surface area contributed by atoms with Gasteiger partial charge in [0.1, 0.15) is 18.3 Å². The Labute approximate surface area is 238 Å². The zero-order valence-corrected chi connectivity index (χ0v) is 23.0. The van der Waals surface area contributed by atoms with Crippen LogP contribution in [-0.4, -0.2) is 104 Å². The zero-order valence-electron chi connectivity index (χ0n) is 23.0. The number of halogens is 1. The van der Waals surface area contributed by atoms with E-state index in [1.807, 2.05) is 35.2 Å². The van der Waals surface area contributed by atoms with Crippen molar-refractivity contribution in [3.8, 4) is 5.69 Å². The first-order chi connectivity index (χ1) is 19.9. The summed E-state index contributed by atoms with van der Waals surface area (Å²) in [6.45, 7) is 2.08. The first-order valence-corrected chi connectivity index (χ1v) is 14.6. The Balaban J connectivity index is 1.24. The number of aromatic nitrogens is 3. The summed E-state index contributed by atoms with van der Waals surface area (Å²) in [4.78, 5) is 58.7. The fraction of sp³-hybridized carbons (Fsp3) is 0.586. The second-order valence-electron chi connectivity index (χ2n) is 11.7. The Bertz CT molecular complexity index is 1300. The number of fused-ring (bicyclic) bond motifs is 3. The van der Waals surface area contributed by atoms with Crippen molar-refractivity contribution in [1.82, 2.24) is 35.0 Å². The first kappa shape index (κ1) is 27.3. The number of nitrogens with zero attached hydrogens (tertiary/aromatic N) is 6. The highest BCUT2D eigenvalue weighted by atomic mass is 19.1. The van der Waals surface area contributed by atoms with Crippen LogP contribution < -0.4 is 5.32 Å². The van der Waals surface area contributed by atoms with Gasteiger partial charge in [0.05, 0.1) is 24.1 Å². The summed E-state index contributed by atoms with van der Waals surface area (Å²) in [6.07, 6.45) is 3.41. The summed E-state index contributed by atoms with van der Waals surface area (Å²) in [5, 5.41) is 11.3. The van der Waals surface area contributed by atoms with E-state index in [1.165, 1.54) is 4.90 Å². The van der Waals surface area contributed by atoms with Gasteiger partial charge in [-0.05, 0) is 43.2 Å². The van der Waals surface area contributed by atoms with Crippen LogP contribution in [0.4, 0.5) is 4.39 Å². The lowest BCUT2D eigenvalue weighted by Gasteiger charge is -2.40. The molecule has 4 aliphatic rings. The maximum absolute atomic E-state index is 14.7. The van der Waals surface area contributed by atoms with Crippen LogP contribution in [0.5, 0.6) is 0 Å². The molecule has 2 bridgehead atoms. The van der Waals surface area contributed by atoms with Crippen molar-refractivity contribution in [3.63, 3.8) is 0 Å². The largest absolute Gasteiger partial charge is 0.344 e. The van der Waals surface area contributed by atoms with Crippen LogP contribution in [0.1, 0.15) is 44.2 Å². The summed E-state index contributed by atoms with van der Waals surface area (Å²) >= 11 is 0. The number of hydrogen-bond acceptors (Lipinski definition) is 6. The Morgan fingerprint density at radius 3 is 2.59 bits per heavy atom. The number of carbonyl (C=O) groups is 4. The molecule has 5 atom stereocenters. The van der Waals surface area contributed by atoms with E-state index in [0.29, 0.717) is 31.6 Å². The van der Waals surface area contributed by atoms with E-state index in [1.54, 1.807) is 15.8 Å². The average Bonchev–Trinajstić information content (AvgIpc) is 3.74. The van der Waals surface area contributed by atoms with Crippen molar-refractivity contribution < 1.29 is 23.6 Å². The molecule has 2 aromatic rings. The molecule has 1 aromatic carbocycles. The molecule has 4 fully saturated rings. The van der Waals surface area contributed by atoms with Gasteiger partial charge in [0, 0.05) is 51.9 Å². The predicted octanol–water partition coefficient (Wildman–Crippen LogP) is 1.11. The lowest BCUT2D eigenvalue weighted by atomic mass is 9.80. The van der Waals surface area contributed by atoms with Crippen molar-refractivity contribution in [1.29, 1.82) is 0 Å². The minimum absolute atomic E-state index is 0.0489. The lowest BCUT2D eigenvalue weighted by molar-refractivity contribution is -0.146. The van der Waals surface area contributed by atoms with Crippen molar-refractivity contribution in [2.45, 2.75) is 63.2 Å². The molecule has 0 unspecified atom stereocenters. The van der Waals surface area contributed by atoms with Crippen LogP contribution in [0.15, 0.2) is 36.5 Å². The number of amides is 4. The summed E-state index contributed by atoms with van der Waals surface area (Å²) in [5.41, 5.74) is 1.28. The molecule has 12 heteroatoms. The van der Waals surface area contributed by atoms with Crippen molar-refractivity contribution in [2.24, 2.45) is 11.8 Å². The van der Waals surface area contributed by atoms with Gasteiger partial charge in [0.25, 0.3) is 0 Å². The maximum atomic E-state index is 14.7. The molecule has 0 radical (unpaired) electrons. The van der Waals surface area contributed by atoms with E-state index < -0.39 is 24.2 Å². The Morgan fingerprint density at radius 1 is 1.02 bits per heavy atom. The van der Waals surface area contributed by atoms with Gasteiger partial charge in [-0.15, -0.1) is 5.10 Å². The molecular weight excluding hydrogens is 529 g/mol. The molecule has 1 aromatic heterocycles. The van der Waals surface area contributed by atoms with Gasteiger partial charge >= 0.3 is 0 Å². The van der Waals surface area contributed by atoms with E-state index in [2.05, 4.69) is 15.6 Å². The van der Waals surface area contributed by atoms with E-state index in [-0.39, 0.29) is 55.4 Å². The van der Waals surface area contributed by atoms with Crippen LogP contribution in [-0.2, 0) is 25.6 Å². The second kappa shape index (κ2) is 11.6. The van der Waals surface area contributed by atoms with E-state index >= 15 is 0 Å². The van der Waals surface area contributed by atoms with Crippen molar-refractivity contribution >= 4 is 23.6 Å².